The minimum Gasteiger partial charge on any atom is -0.358 e. The fourth-order valence-corrected chi connectivity index (χ4v) is 2.80. The Hall–Kier alpha value is -0.700. The zero-order chi connectivity index (χ0) is 12.3. The number of carbonyl (C=O) groups excluding carboxylic acids is 1. The van der Waals surface area contributed by atoms with E-state index in [4.69, 9.17) is 0 Å². The van der Waals surface area contributed by atoms with Gasteiger partial charge in [-0.1, -0.05) is 0 Å². The number of hydrogen-bond acceptors (Lipinski definition) is 4. The Kier molecular flexibility index (Phi) is 4.25. The van der Waals surface area contributed by atoms with E-state index in [-0.39, 0.29) is 5.91 Å². The van der Waals surface area contributed by atoms with E-state index in [1.807, 2.05) is 0 Å². The van der Waals surface area contributed by atoms with Gasteiger partial charge >= 0.3 is 0 Å². The summed E-state index contributed by atoms with van der Waals surface area (Å²) in [5.74, 6) is -0.294. The third-order valence-electron chi connectivity index (χ3n) is 2.50. The van der Waals surface area contributed by atoms with Crippen molar-refractivity contribution < 1.29 is 13.2 Å². The minimum absolute atomic E-state index is 0.294. The Balaban J connectivity index is 2.95. The number of hydrogen-bond donors (Lipinski definition) is 2. The number of carbonyl (C=O) groups is 1. The number of piperazine rings is 1. The predicted molar refractivity (Wildman–Crippen MR) is 60.0 cm³/mol. The van der Waals surface area contributed by atoms with Gasteiger partial charge in [-0.25, -0.2) is 0 Å². The Morgan fingerprint density at radius 1 is 1.50 bits per heavy atom. The molecule has 1 heterocycles. The summed E-state index contributed by atoms with van der Waals surface area (Å²) in [6.07, 6.45) is 0. The number of rotatable bonds is 3. The SMILES string of the molecule is CNC(=O)C1CNCCN1S(=O)(=O)N(C)C. The molecular formula is C8H18N4O3S. The van der Waals surface area contributed by atoms with Crippen LogP contribution in [0.15, 0.2) is 0 Å². The molecule has 0 radical (unpaired) electrons. The zero-order valence-corrected chi connectivity index (χ0v) is 10.5. The van der Waals surface area contributed by atoms with Crippen molar-refractivity contribution in [2.45, 2.75) is 6.04 Å². The molecule has 1 unspecified atom stereocenters. The van der Waals surface area contributed by atoms with Crippen LogP contribution in [0.3, 0.4) is 0 Å². The molecule has 1 fully saturated rings. The summed E-state index contributed by atoms with van der Waals surface area (Å²) in [4.78, 5) is 11.6. The van der Waals surface area contributed by atoms with Crippen molar-refractivity contribution in [1.29, 1.82) is 0 Å². The van der Waals surface area contributed by atoms with E-state index < -0.39 is 16.3 Å². The van der Waals surface area contributed by atoms with Crippen LogP contribution < -0.4 is 10.6 Å². The summed E-state index contributed by atoms with van der Waals surface area (Å²) >= 11 is 0. The van der Waals surface area contributed by atoms with Gasteiger partial charge in [0.15, 0.2) is 0 Å². The molecule has 0 spiro atoms. The van der Waals surface area contributed by atoms with Crippen LogP contribution in [0, 0.1) is 0 Å². The fourth-order valence-electron chi connectivity index (χ4n) is 1.56. The first-order valence-electron chi connectivity index (χ1n) is 5.03. The van der Waals surface area contributed by atoms with E-state index in [1.165, 1.54) is 25.4 Å². The summed E-state index contributed by atoms with van der Waals surface area (Å²) < 4.78 is 26.3. The maximum Gasteiger partial charge on any atom is 0.282 e. The first-order valence-corrected chi connectivity index (χ1v) is 6.42. The molecule has 1 rings (SSSR count). The number of amides is 1. The van der Waals surface area contributed by atoms with Gasteiger partial charge in [0, 0.05) is 40.8 Å². The van der Waals surface area contributed by atoms with Gasteiger partial charge in [-0.05, 0) is 0 Å². The molecule has 1 aliphatic rings. The highest BCUT2D eigenvalue weighted by Crippen LogP contribution is 2.12. The summed E-state index contributed by atoms with van der Waals surface area (Å²) in [5.41, 5.74) is 0. The van der Waals surface area contributed by atoms with Crippen molar-refractivity contribution in [3.05, 3.63) is 0 Å². The van der Waals surface area contributed by atoms with Gasteiger partial charge < -0.3 is 10.6 Å². The van der Waals surface area contributed by atoms with E-state index in [0.29, 0.717) is 19.6 Å². The van der Waals surface area contributed by atoms with Crippen LogP contribution in [0.1, 0.15) is 0 Å². The van der Waals surface area contributed by atoms with E-state index >= 15 is 0 Å². The zero-order valence-electron chi connectivity index (χ0n) is 9.73. The fraction of sp³-hybridized carbons (Fsp3) is 0.875. The Bertz CT molecular complexity index is 354. The molecule has 2 N–H and O–H groups in total. The third kappa shape index (κ3) is 2.51. The number of nitrogens with zero attached hydrogens (tertiary/aromatic N) is 2. The van der Waals surface area contributed by atoms with Gasteiger partial charge in [0.05, 0.1) is 0 Å². The molecule has 1 aliphatic heterocycles. The van der Waals surface area contributed by atoms with Crippen molar-refractivity contribution in [2.75, 3.05) is 40.8 Å². The average molecular weight is 250 g/mol. The second kappa shape index (κ2) is 5.09. The van der Waals surface area contributed by atoms with Gasteiger partial charge in [0.1, 0.15) is 6.04 Å². The van der Waals surface area contributed by atoms with E-state index in [0.717, 1.165) is 4.31 Å². The molecular weight excluding hydrogens is 232 g/mol. The Morgan fingerprint density at radius 3 is 2.62 bits per heavy atom. The Morgan fingerprint density at radius 2 is 2.12 bits per heavy atom. The first kappa shape index (κ1) is 13.4. The molecule has 0 aromatic rings. The van der Waals surface area contributed by atoms with Crippen LogP contribution >= 0.6 is 0 Å². The lowest BCUT2D eigenvalue weighted by Crippen LogP contribution is -2.60. The van der Waals surface area contributed by atoms with Crippen LogP contribution in [0.5, 0.6) is 0 Å². The van der Waals surface area contributed by atoms with E-state index in [1.54, 1.807) is 0 Å². The van der Waals surface area contributed by atoms with Crippen molar-refractivity contribution >= 4 is 16.1 Å². The van der Waals surface area contributed by atoms with Crippen molar-refractivity contribution in [2.24, 2.45) is 0 Å². The monoisotopic (exact) mass is 250 g/mol. The van der Waals surface area contributed by atoms with Crippen LogP contribution in [0.4, 0.5) is 0 Å². The van der Waals surface area contributed by atoms with Gasteiger partial charge in [-0.2, -0.15) is 17.0 Å². The van der Waals surface area contributed by atoms with Crippen molar-refractivity contribution in [3.8, 4) is 0 Å². The maximum atomic E-state index is 12.0. The topological polar surface area (TPSA) is 81.8 Å². The highest BCUT2D eigenvalue weighted by molar-refractivity contribution is 7.86. The molecule has 1 amide bonds. The lowest BCUT2D eigenvalue weighted by Gasteiger charge is -2.35. The van der Waals surface area contributed by atoms with E-state index in [2.05, 4.69) is 10.6 Å². The molecule has 0 saturated carbocycles. The minimum atomic E-state index is -3.54. The normalized spacial score (nSPS) is 23.4. The van der Waals surface area contributed by atoms with Gasteiger partial charge in [0.2, 0.25) is 5.91 Å². The molecule has 94 valence electrons. The average Bonchev–Trinajstić information content (AvgIpc) is 2.27. The molecule has 1 saturated heterocycles. The van der Waals surface area contributed by atoms with Gasteiger partial charge in [0.25, 0.3) is 10.2 Å². The van der Waals surface area contributed by atoms with Gasteiger partial charge in [-0.15, -0.1) is 0 Å². The lowest BCUT2D eigenvalue weighted by molar-refractivity contribution is -0.124. The molecule has 16 heavy (non-hydrogen) atoms. The predicted octanol–water partition coefficient (Wildman–Crippen LogP) is -2.19. The molecule has 0 aromatic carbocycles. The summed E-state index contributed by atoms with van der Waals surface area (Å²) in [6.45, 7) is 1.20. The standard InChI is InChI=1S/C8H18N4O3S/c1-9-8(13)7-6-10-4-5-12(7)16(14,15)11(2)3/h7,10H,4-6H2,1-3H3,(H,9,13). The van der Waals surface area contributed by atoms with Crippen LogP contribution in [-0.4, -0.2) is 69.8 Å². The van der Waals surface area contributed by atoms with Gasteiger partial charge in [-0.3, -0.25) is 4.79 Å². The van der Waals surface area contributed by atoms with Crippen LogP contribution in [0.25, 0.3) is 0 Å². The highest BCUT2D eigenvalue weighted by Gasteiger charge is 2.37. The van der Waals surface area contributed by atoms with Crippen LogP contribution in [0.2, 0.25) is 0 Å². The third-order valence-corrected chi connectivity index (χ3v) is 4.45. The molecule has 0 aliphatic carbocycles. The summed E-state index contributed by atoms with van der Waals surface area (Å²) in [5, 5.41) is 5.48. The van der Waals surface area contributed by atoms with E-state index in [9.17, 15) is 13.2 Å². The maximum absolute atomic E-state index is 12.0. The number of likely N-dealkylation sites (N-methyl/N-ethyl adjacent to an activating group) is 1. The molecule has 8 heteroatoms. The largest absolute Gasteiger partial charge is 0.358 e. The first-order chi connectivity index (χ1) is 7.41. The molecule has 0 bridgehead atoms. The second-order valence-corrected chi connectivity index (χ2v) is 5.83. The van der Waals surface area contributed by atoms with Crippen molar-refractivity contribution in [1.82, 2.24) is 19.2 Å². The number of nitrogens with one attached hydrogen (secondary N) is 2. The summed E-state index contributed by atoms with van der Waals surface area (Å²) in [7, 11) is 0.872. The Labute approximate surface area is 96.0 Å². The van der Waals surface area contributed by atoms with Crippen molar-refractivity contribution in [3.63, 3.8) is 0 Å². The second-order valence-electron chi connectivity index (χ2n) is 3.74. The lowest BCUT2D eigenvalue weighted by atomic mass is 10.2. The molecule has 7 nitrogen and oxygen atoms in total. The molecule has 0 aromatic heterocycles. The molecule has 1 atom stereocenters. The quantitative estimate of drug-likeness (QED) is 0.596. The summed E-state index contributed by atoms with van der Waals surface area (Å²) in [6, 6.07) is -0.675. The smallest absolute Gasteiger partial charge is 0.282 e. The van der Waals surface area contributed by atoms with Crippen LogP contribution in [-0.2, 0) is 15.0 Å². The highest BCUT2D eigenvalue weighted by atomic mass is 32.2.